The van der Waals surface area contributed by atoms with Gasteiger partial charge in [0.05, 0.1) is 0 Å². The average molecular weight is 253 g/mol. The normalized spacial score (nSPS) is 10.8. The summed E-state index contributed by atoms with van der Waals surface area (Å²) >= 11 is 10.7. The Morgan fingerprint density at radius 1 is 1.08 bits per heavy atom. The Kier molecular flexibility index (Phi) is 5.93. The molecular formula is C6H3BCl2F3K. The predicted molar refractivity (Wildman–Crippen MR) is 45.2 cm³/mol. The van der Waals surface area contributed by atoms with Crippen molar-refractivity contribution >= 4 is 35.6 Å². The Balaban J connectivity index is 0.00000144. The van der Waals surface area contributed by atoms with Gasteiger partial charge in [-0.05, 0) is 12.1 Å². The van der Waals surface area contributed by atoms with E-state index in [4.69, 9.17) is 23.2 Å². The van der Waals surface area contributed by atoms with Crippen LogP contribution in [0.25, 0.3) is 0 Å². The molecule has 0 amide bonds. The number of benzene rings is 1. The van der Waals surface area contributed by atoms with E-state index in [0.717, 1.165) is 18.2 Å². The zero-order chi connectivity index (χ0) is 9.35. The van der Waals surface area contributed by atoms with E-state index < -0.39 is 12.4 Å². The van der Waals surface area contributed by atoms with Gasteiger partial charge in [-0.1, -0.05) is 34.7 Å². The Labute approximate surface area is 126 Å². The minimum atomic E-state index is -5.03. The van der Waals surface area contributed by atoms with E-state index >= 15 is 0 Å². The smallest absolute Gasteiger partial charge is 0.445 e. The topological polar surface area (TPSA) is 0 Å². The third-order valence-electron chi connectivity index (χ3n) is 1.32. The second kappa shape index (κ2) is 5.40. The van der Waals surface area contributed by atoms with Gasteiger partial charge in [-0.2, -0.15) is 0 Å². The molecule has 0 atom stereocenters. The van der Waals surface area contributed by atoms with Crippen LogP contribution >= 0.6 is 23.2 Å². The molecule has 13 heavy (non-hydrogen) atoms. The van der Waals surface area contributed by atoms with Crippen LogP contribution in [0, 0.1) is 0 Å². The van der Waals surface area contributed by atoms with E-state index in [1.165, 1.54) is 0 Å². The van der Waals surface area contributed by atoms with E-state index in [2.05, 4.69) is 0 Å². The van der Waals surface area contributed by atoms with Crippen molar-refractivity contribution in [3.05, 3.63) is 28.2 Å². The first-order valence-corrected chi connectivity index (χ1v) is 3.82. The van der Waals surface area contributed by atoms with Crippen molar-refractivity contribution in [2.45, 2.75) is 0 Å². The molecule has 1 rings (SSSR count). The second-order valence-corrected chi connectivity index (χ2v) is 3.08. The van der Waals surface area contributed by atoms with Gasteiger partial charge in [0, 0.05) is 10.0 Å². The Bertz CT molecular complexity index is 302. The number of halogens is 5. The molecule has 66 valence electrons. The van der Waals surface area contributed by atoms with Crippen molar-refractivity contribution in [3.63, 3.8) is 0 Å². The minimum absolute atomic E-state index is 0. The van der Waals surface area contributed by atoms with Crippen molar-refractivity contribution in [2.24, 2.45) is 0 Å². The van der Waals surface area contributed by atoms with Gasteiger partial charge < -0.3 is 12.9 Å². The van der Waals surface area contributed by atoms with Crippen LogP contribution < -0.4 is 56.8 Å². The summed E-state index contributed by atoms with van der Waals surface area (Å²) in [5.41, 5.74) is -0.805. The SMILES string of the molecule is F[B-](F)(F)c1ccc(Cl)cc1Cl.[K+]. The molecule has 0 radical (unpaired) electrons. The van der Waals surface area contributed by atoms with Crippen molar-refractivity contribution in [1.82, 2.24) is 0 Å². The summed E-state index contributed by atoms with van der Waals surface area (Å²) in [6.07, 6.45) is 0. The molecule has 0 aliphatic carbocycles. The molecule has 1 aromatic rings. The summed E-state index contributed by atoms with van der Waals surface area (Å²) in [6.45, 7) is -5.03. The average Bonchev–Trinajstić information content (AvgIpc) is 1.83. The molecular weight excluding hydrogens is 250 g/mol. The number of rotatable bonds is 1. The maximum absolute atomic E-state index is 12.1. The maximum atomic E-state index is 12.1. The van der Waals surface area contributed by atoms with Crippen molar-refractivity contribution in [1.29, 1.82) is 0 Å². The van der Waals surface area contributed by atoms with Gasteiger partial charge in [0.1, 0.15) is 0 Å². The van der Waals surface area contributed by atoms with Crippen molar-refractivity contribution < 1.29 is 64.3 Å². The summed E-state index contributed by atoms with van der Waals surface area (Å²) in [6, 6.07) is 3.12. The fourth-order valence-electron chi connectivity index (χ4n) is 0.767. The predicted octanol–water partition coefficient (Wildman–Crippen LogP) is 0.0518. The van der Waals surface area contributed by atoms with Gasteiger partial charge in [-0.25, -0.2) is 0 Å². The van der Waals surface area contributed by atoms with Crippen LogP contribution in [0.3, 0.4) is 0 Å². The van der Waals surface area contributed by atoms with Crippen LogP contribution in [0.15, 0.2) is 18.2 Å². The zero-order valence-corrected chi connectivity index (χ0v) is 11.3. The zero-order valence-electron chi connectivity index (χ0n) is 6.70. The molecule has 0 heterocycles. The standard InChI is InChI=1S/C6H3BCl2F3.K/c8-4-1-2-5(6(9)3-4)7(10,11)12;/h1-3H;/q-1;+1. The largest absolute Gasteiger partial charge is 1.00 e. The first kappa shape index (κ1) is 14.3. The summed E-state index contributed by atoms with van der Waals surface area (Å²) in [5.74, 6) is 0. The molecule has 0 bridgehead atoms. The summed E-state index contributed by atoms with van der Waals surface area (Å²) < 4.78 is 36.3. The number of hydrogen-bond acceptors (Lipinski definition) is 0. The van der Waals surface area contributed by atoms with Crippen LogP contribution in [-0.2, 0) is 0 Å². The molecule has 0 spiro atoms. The molecule has 0 aliphatic rings. The number of hydrogen-bond donors (Lipinski definition) is 0. The van der Waals surface area contributed by atoms with Gasteiger partial charge in [0.25, 0.3) is 0 Å². The van der Waals surface area contributed by atoms with Gasteiger partial charge in [0.2, 0.25) is 0 Å². The van der Waals surface area contributed by atoms with Crippen LogP contribution in [0.4, 0.5) is 12.9 Å². The second-order valence-electron chi connectivity index (χ2n) is 2.24. The molecule has 1 aromatic carbocycles. The Hall–Kier alpha value is 1.29. The van der Waals surface area contributed by atoms with E-state index in [-0.39, 0.29) is 61.4 Å². The molecule has 0 N–H and O–H groups in total. The molecule has 0 nitrogen and oxygen atoms in total. The Morgan fingerprint density at radius 3 is 2.00 bits per heavy atom. The van der Waals surface area contributed by atoms with Crippen LogP contribution in [-0.4, -0.2) is 6.98 Å². The van der Waals surface area contributed by atoms with Crippen molar-refractivity contribution in [3.8, 4) is 0 Å². The van der Waals surface area contributed by atoms with E-state index in [9.17, 15) is 12.9 Å². The third kappa shape index (κ3) is 4.12. The first-order valence-electron chi connectivity index (χ1n) is 3.06. The summed E-state index contributed by atoms with van der Waals surface area (Å²) in [7, 11) is 0. The van der Waals surface area contributed by atoms with E-state index in [1.807, 2.05) is 0 Å². The quantitative estimate of drug-likeness (QED) is 0.620. The Morgan fingerprint density at radius 2 is 1.62 bits per heavy atom. The third-order valence-corrected chi connectivity index (χ3v) is 1.88. The molecule has 0 fully saturated rings. The molecule has 0 saturated carbocycles. The van der Waals surface area contributed by atoms with Gasteiger partial charge >= 0.3 is 58.4 Å². The molecule has 7 heteroatoms. The molecule has 0 unspecified atom stereocenters. The van der Waals surface area contributed by atoms with Crippen LogP contribution in [0.1, 0.15) is 0 Å². The van der Waals surface area contributed by atoms with Crippen LogP contribution in [0.5, 0.6) is 0 Å². The monoisotopic (exact) mass is 252 g/mol. The van der Waals surface area contributed by atoms with Gasteiger partial charge in [-0.15, -0.1) is 0 Å². The molecule has 0 aromatic heterocycles. The van der Waals surface area contributed by atoms with E-state index in [1.54, 1.807) is 0 Å². The fraction of sp³-hybridized carbons (Fsp3) is 0. The van der Waals surface area contributed by atoms with Gasteiger partial charge in [-0.3, -0.25) is 0 Å². The van der Waals surface area contributed by atoms with Gasteiger partial charge in [0.15, 0.2) is 0 Å². The summed E-state index contributed by atoms with van der Waals surface area (Å²) in [5, 5.41) is -0.154. The molecule has 0 aliphatic heterocycles. The van der Waals surface area contributed by atoms with Crippen molar-refractivity contribution in [2.75, 3.05) is 0 Å². The van der Waals surface area contributed by atoms with E-state index in [0.29, 0.717) is 0 Å². The molecule has 0 saturated heterocycles. The fourth-order valence-corrected chi connectivity index (χ4v) is 1.30. The van der Waals surface area contributed by atoms with Crippen LogP contribution in [0.2, 0.25) is 10.0 Å². The maximum Gasteiger partial charge on any atom is 1.00 e. The summed E-state index contributed by atoms with van der Waals surface area (Å²) in [4.78, 5) is 0. The first-order chi connectivity index (χ1) is 5.41. The minimum Gasteiger partial charge on any atom is -0.445 e.